The molecule has 0 heterocycles. The third-order valence-electron chi connectivity index (χ3n) is 5.76. The van der Waals surface area contributed by atoms with E-state index in [4.69, 9.17) is 11.6 Å². The van der Waals surface area contributed by atoms with E-state index in [0.29, 0.717) is 17.9 Å². The SMILES string of the molecule is C=C(NC)C(N[C@@H](CCc1ccc(C(F)(F)F)cc1)c1ccc(Cl)c(C)c1)c1ccccc1. The molecule has 0 aliphatic heterocycles. The van der Waals surface area contributed by atoms with Crippen LogP contribution in [0.15, 0.2) is 85.1 Å². The van der Waals surface area contributed by atoms with Gasteiger partial charge in [0, 0.05) is 23.8 Å². The fourth-order valence-electron chi connectivity index (χ4n) is 3.79. The fourth-order valence-corrected chi connectivity index (χ4v) is 3.91. The van der Waals surface area contributed by atoms with Crippen molar-refractivity contribution in [2.24, 2.45) is 0 Å². The van der Waals surface area contributed by atoms with Gasteiger partial charge in [-0.2, -0.15) is 13.2 Å². The zero-order valence-corrected chi connectivity index (χ0v) is 19.5. The number of benzene rings is 3. The van der Waals surface area contributed by atoms with E-state index in [1.54, 1.807) is 12.1 Å². The van der Waals surface area contributed by atoms with Crippen molar-refractivity contribution < 1.29 is 13.2 Å². The van der Waals surface area contributed by atoms with Gasteiger partial charge in [-0.15, -0.1) is 0 Å². The molecule has 174 valence electrons. The molecule has 0 amide bonds. The summed E-state index contributed by atoms with van der Waals surface area (Å²) in [5, 5.41) is 7.55. The monoisotopic (exact) mass is 472 g/mol. The number of halogens is 4. The standard InChI is InChI=1S/C27H28ClF3N2/c1-18-17-22(12-15-24(18)28)25(16-11-20-9-13-23(14-10-20)27(29,30)31)33-26(19(2)32-3)21-7-5-4-6-8-21/h4-10,12-15,17,25-26,32-33H,2,11,16H2,1,3H3/t25-,26?/m0/s1. The molecular weight excluding hydrogens is 445 g/mol. The number of alkyl halides is 3. The molecule has 0 saturated carbocycles. The highest BCUT2D eigenvalue weighted by Gasteiger charge is 2.30. The maximum absolute atomic E-state index is 12.9. The molecule has 0 aliphatic carbocycles. The van der Waals surface area contributed by atoms with Gasteiger partial charge >= 0.3 is 6.18 Å². The first-order chi connectivity index (χ1) is 15.7. The predicted octanol–water partition coefficient (Wildman–Crippen LogP) is 7.41. The highest BCUT2D eigenvalue weighted by Crippen LogP contribution is 2.31. The predicted molar refractivity (Wildman–Crippen MR) is 129 cm³/mol. The molecule has 0 saturated heterocycles. The van der Waals surface area contributed by atoms with Crippen LogP contribution in [-0.2, 0) is 12.6 Å². The first-order valence-electron chi connectivity index (χ1n) is 10.8. The van der Waals surface area contributed by atoms with Gasteiger partial charge in [0.05, 0.1) is 11.6 Å². The molecule has 1 unspecified atom stereocenters. The molecule has 0 aliphatic rings. The topological polar surface area (TPSA) is 24.1 Å². The largest absolute Gasteiger partial charge is 0.416 e. The van der Waals surface area contributed by atoms with Crippen LogP contribution in [0.1, 0.15) is 46.3 Å². The normalized spacial score (nSPS) is 13.4. The van der Waals surface area contributed by atoms with Crippen molar-refractivity contribution in [2.75, 3.05) is 7.05 Å². The van der Waals surface area contributed by atoms with Crippen LogP contribution < -0.4 is 10.6 Å². The number of likely N-dealkylation sites (N-methyl/N-ethyl adjacent to an activating group) is 1. The number of rotatable bonds is 9. The summed E-state index contributed by atoms with van der Waals surface area (Å²) in [5.41, 5.74) is 4.15. The Labute approximate surface area is 198 Å². The lowest BCUT2D eigenvalue weighted by atomic mass is 9.94. The Balaban J connectivity index is 1.87. The first-order valence-corrected chi connectivity index (χ1v) is 11.2. The molecule has 0 aromatic heterocycles. The van der Waals surface area contributed by atoms with Gasteiger partial charge in [-0.3, -0.25) is 5.32 Å². The summed E-state index contributed by atoms with van der Waals surface area (Å²) >= 11 is 6.25. The van der Waals surface area contributed by atoms with Crippen LogP contribution in [0, 0.1) is 6.92 Å². The molecule has 3 rings (SSSR count). The van der Waals surface area contributed by atoms with Gasteiger partial charge in [0.2, 0.25) is 0 Å². The second-order valence-corrected chi connectivity index (χ2v) is 8.49. The van der Waals surface area contributed by atoms with Crippen LogP contribution in [0.3, 0.4) is 0 Å². The van der Waals surface area contributed by atoms with E-state index in [1.807, 2.05) is 56.4 Å². The lowest BCUT2D eigenvalue weighted by Gasteiger charge is -2.28. The third kappa shape index (κ3) is 6.62. The van der Waals surface area contributed by atoms with Gasteiger partial charge in [-0.1, -0.05) is 72.8 Å². The van der Waals surface area contributed by atoms with Crippen molar-refractivity contribution >= 4 is 11.6 Å². The molecule has 0 spiro atoms. The van der Waals surface area contributed by atoms with Crippen LogP contribution in [0.5, 0.6) is 0 Å². The minimum atomic E-state index is -4.33. The molecule has 33 heavy (non-hydrogen) atoms. The number of hydrogen-bond acceptors (Lipinski definition) is 2. The molecule has 0 bridgehead atoms. The number of nitrogens with one attached hydrogen (secondary N) is 2. The molecular formula is C27H28ClF3N2. The van der Waals surface area contributed by atoms with Crippen molar-refractivity contribution in [3.8, 4) is 0 Å². The Morgan fingerprint density at radius 3 is 2.21 bits per heavy atom. The lowest BCUT2D eigenvalue weighted by Crippen LogP contribution is -2.31. The van der Waals surface area contributed by atoms with E-state index < -0.39 is 11.7 Å². The summed E-state index contributed by atoms with van der Waals surface area (Å²) < 4.78 is 38.7. The van der Waals surface area contributed by atoms with Gasteiger partial charge in [0.1, 0.15) is 0 Å². The average molecular weight is 473 g/mol. The molecule has 3 aromatic carbocycles. The number of hydrogen-bond donors (Lipinski definition) is 2. The minimum Gasteiger partial charge on any atom is -0.390 e. The lowest BCUT2D eigenvalue weighted by molar-refractivity contribution is -0.137. The van der Waals surface area contributed by atoms with Gasteiger partial charge in [0.25, 0.3) is 0 Å². The van der Waals surface area contributed by atoms with Crippen LogP contribution in [0.4, 0.5) is 13.2 Å². The van der Waals surface area contributed by atoms with Crippen molar-refractivity contribution in [2.45, 2.75) is 38.0 Å². The van der Waals surface area contributed by atoms with Gasteiger partial charge in [-0.25, -0.2) is 0 Å². The van der Waals surface area contributed by atoms with Crippen molar-refractivity contribution in [3.63, 3.8) is 0 Å². The Morgan fingerprint density at radius 1 is 0.970 bits per heavy atom. The van der Waals surface area contributed by atoms with Crippen molar-refractivity contribution in [3.05, 3.63) is 118 Å². The quantitative estimate of drug-likeness (QED) is 0.339. The second-order valence-electron chi connectivity index (χ2n) is 8.08. The Hall–Kier alpha value is -2.76. The van der Waals surface area contributed by atoms with Gasteiger partial charge in [0.15, 0.2) is 0 Å². The molecule has 2 atom stereocenters. The summed E-state index contributed by atoms with van der Waals surface area (Å²) in [6.07, 6.45) is -3.03. The summed E-state index contributed by atoms with van der Waals surface area (Å²) in [5.74, 6) is 0. The van der Waals surface area contributed by atoms with E-state index in [9.17, 15) is 13.2 Å². The molecule has 3 aromatic rings. The van der Waals surface area contributed by atoms with Crippen LogP contribution in [-0.4, -0.2) is 7.05 Å². The van der Waals surface area contributed by atoms with Gasteiger partial charge < -0.3 is 5.32 Å². The molecule has 2 nitrogen and oxygen atoms in total. The molecule has 6 heteroatoms. The molecule has 0 radical (unpaired) electrons. The van der Waals surface area contributed by atoms with E-state index in [-0.39, 0.29) is 12.1 Å². The highest BCUT2D eigenvalue weighted by molar-refractivity contribution is 6.31. The van der Waals surface area contributed by atoms with Crippen molar-refractivity contribution in [1.82, 2.24) is 10.6 Å². The highest BCUT2D eigenvalue weighted by atomic mass is 35.5. The van der Waals surface area contributed by atoms with Crippen molar-refractivity contribution in [1.29, 1.82) is 0 Å². The Morgan fingerprint density at radius 2 is 1.64 bits per heavy atom. The number of aryl methyl sites for hydroxylation is 2. The van der Waals surface area contributed by atoms with Crippen LogP contribution in [0.25, 0.3) is 0 Å². The van der Waals surface area contributed by atoms with Gasteiger partial charge in [-0.05, 0) is 60.2 Å². The maximum atomic E-state index is 12.9. The molecule has 2 N–H and O–H groups in total. The zero-order valence-electron chi connectivity index (χ0n) is 18.7. The van der Waals surface area contributed by atoms with E-state index in [0.717, 1.165) is 40.1 Å². The molecule has 0 fully saturated rings. The summed E-state index contributed by atoms with van der Waals surface area (Å²) in [4.78, 5) is 0. The summed E-state index contributed by atoms with van der Waals surface area (Å²) in [6, 6.07) is 21.1. The van der Waals surface area contributed by atoms with Crippen LogP contribution >= 0.6 is 11.6 Å². The first kappa shape index (κ1) is 24.9. The summed E-state index contributed by atoms with van der Waals surface area (Å²) in [6.45, 7) is 6.14. The fraction of sp³-hybridized carbons (Fsp3) is 0.259. The average Bonchev–Trinajstić information content (AvgIpc) is 2.81. The van der Waals surface area contributed by atoms with Crippen LogP contribution in [0.2, 0.25) is 5.02 Å². The maximum Gasteiger partial charge on any atom is 0.416 e. The third-order valence-corrected chi connectivity index (χ3v) is 6.18. The zero-order chi connectivity index (χ0) is 24.0. The van der Waals surface area contributed by atoms with E-state index >= 15 is 0 Å². The Bertz CT molecular complexity index is 1060. The minimum absolute atomic E-state index is 0.0708. The van der Waals surface area contributed by atoms with E-state index in [2.05, 4.69) is 23.3 Å². The van der Waals surface area contributed by atoms with E-state index in [1.165, 1.54) is 0 Å². The summed E-state index contributed by atoms with van der Waals surface area (Å²) in [7, 11) is 1.84. The second kappa shape index (κ2) is 10.9. The Kier molecular flexibility index (Phi) is 8.22. The smallest absolute Gasteiger partial charge is 0.390 e.